The summed E-state index contributed by atoms with van der Waals surface area (Å²) in [6, 6.07) is 2.45. The van der Waals surface area contributed by atoms with Gasteiger partial charge in [-0.3, -0.25) is 4.68 Å². The number of fused-ring (bicyclic) bond motifs is 2. The Kier molecular flexibility index (Phi) is 3.66. The third-order valence-corrected chi connectivity index (χ3v) is 5.10. The molecule has 2 bridgehead atoms. The lowest BCUT2D eigenvalue weighted by Gasteiger charge is -2.23. The van der Waals surface area contributed by atoms with Crippen molar-refractivity contribution < 1.29 is 5.11 Å². The fraction of sp³-hybridized carbons (Fsp3) is 0.812. The molecule has 1 N–H and O–H groups in total. The van der Waals surface area contributed by atoms with Crippen LogP contribution in [0.1, 0.15) is 57.7 Å². The number of aromatic nitrogens is 2. The summed E-state index contributed by atoms with van der Waals surface area (Å²) < 4.78 is 1.97. The van der Waals surface area contributed by atoms with Gasteiger partial charge >= 0.3 is 0 Å². The summed E-state index contributed by atoms with van der Waals surface area (Å²) in [5.74, 6) is 2.66. The van der Waals surface area contributed by atoms with Crippen LogP contribution >= 0.6 is 0 Å². The molecule has 3 rings (SSSR count). The number of hydrogen-bond acceptors (Lipinski definition) is 2. The van der Waals surface area contributed by atoms with Gasteiger partial charge in [-0.25, -0.2) is 0 Å². The van der Waals surface area contributed by atoms with E-state index in [-0.39, 0.29) is 6.10 Å². The third kappa shape index (κ3) is 2.86. The normalized spacial score (nSPS) is 31.3. The van der Waals surface area contributed by atoms with Crippen LogP contribution in [0.3, 0.4) is 0 Å². The number of aliphatic hydroxyl groups is 1. The molecule has 3 heteroatoms. The molecular formula is C16H26N2O. The van der Waals surface area contributed by atoms with E-state index >= 15 is 0 Å². The highest BCUT2D eigenvalue weighted by atomic mass is 16.3. The van der Waals surface area contributed by atoms with Gasteiger partial charge in [0.25, 0.3) is 0 Å². The topological polar surface area (TPSA) is 38.0 Å². The minimum Gasteiger partial charge on any atom is -0.393 e. The summed E-state index contributed by atoms with van der Waals surface area (Å²) in [5.41, 5.74) is 1.03. The van der Waals surface area contributed by atoms with Crippen LogP contribution in [-0.4, -0.2) is 21.0 Å². The van der Waals surface area contributed by atoms with Crippen LogP contribution < -0.4 is 0 Å². The first kappa shape index (κ1) is 13.2. The van der Waals surface area contributed by atoms with Gasteiger partial charge in [0.2, 0.25) is 0 Å². The molecule has 2 aliphatic rings. The molecular weight excluding hydrogens is 236 g/mol. The van der Waals surface area contributed by atoms with Crippen LogP contribution in [0.4, 0.5) is 0 Å². The predicted octanol–water partition coefficient (Wildman–Crippen LogP) is 3.19. The number of nitrogens with zero attached hydrogens (tertiary/aromatic N) is 2. The van der Waals surface area contributed by atoms with Gasteiger partial charge in [0.15, 0.2) is 0 Å². The van der Waals surface area contributed by atoms with Crippen molar-refractivity contribution in [2.45, 2.75) is 64.5 Å². The van der Waals surface area contributed by atoms with Gasteiger partial charge in [-0.15, -0.1) is 0 Å². The van der Waals surface area contributed by atoms with Crippen molar-refractivity contribution >= 4 is 0 Å². The van der Waals surface area contributed by atoms with Gasteiger partial charge in [-0.1, -0.05) is 6.42 Å². The lowest BCUT2D eigenvalue weighted by atomic mass is 9.84. The molecule has 4 atom stereocenters. The molecule has 0 saturated heterocycles. The maximum absolute atomic E-state index is 10.3. The Balaban J connectivity index is 1.51. The Morgan fingerprint density at radius 2 is 2.21 bits per heavy atom. The molecule has 0 spiro atoms. The third-order valence-electron chi connectivity index (χ3n) is 5.10. The number of rotatable bonds is 5. The van der Waals surface area contributed by atoms with E-state index in [0.29, 0.717) is 12.5 Å². The van der Waals surface area contributed by atoms with E-state index in [9.17, 15) is 5.11 Å². The van der Waals surface area contributed by atoms with Crippen LogP contribution in [0.15, 0.2) is 12.3 Å². The van der Waals surface area contributed by atoms with Gasteiger partial charge in [-0.05, 0) is 63.4 Å². The number of aliphatic hydroxyl groups excluding tert-OH is 1. The Bertz CT molecular complexity index is 426. The van der Waals surface area contributed by atoms with Crippen molar-refractivity contribution in [1.29, 1.82) is 0 Å². The fourth-order valence-corrected chi connectivity index (χ4v) is 4.11. The Morgan fingerprint density at radius 3 is 2.79 bits per heavy atom. The highest BCUT2D eigenvalue weighted by Crippen LogP contribution is 2.49. The van der Waals surface area contributed by atoms with Gasteiger partial charge in [0.05, 0.1) is 11.8 Å². The summed E-state index contributed by atoms with van der Waals surface area (Å²) in [7, 11) is 0. The minimum atomic E-state index is -0.208. The first-order valence-electron chi connectivity index (χ1n) is 7.84. The summed E-state index contributed by atoms with van der Waals surface area (Å²) >= 11 is 0. The first-order chi connectivity index (χ1) is 9.11. The Hall–Kier alpha value is -0.830. The highest BCUT2D eigenvalue weighted by Gasteiger charge is 2.39. The van der Waals surface area contributed by atoms with Crippen molar-refractivity contribution in [2.75, 3.05) is 0 Å². The fourth-order valence-electron chi connectivity index (χ4n) is 4.11. The molecule has 1 aromatic heterocycles. The Morgan fingerprint density at radius 1 is 1.37 bits per heavy atom. The summed E-state index contributed by atoms with van der Waals surface area (Å²) in [6.45, 7) is 4.25. The molecule has 19 heavy (non-hydrogen) atoms. The molecule has 0 amide bonds. The van der Waals surface area contributed by atoms with E-state index in [1.165, 1.54) is 25.7 Å². The largest absolute Gasteiger partial charge is 0.393 e. The van der Waals surface area contributed by atoms with Crippen LogP contribution in [0.5, 0.6) is 0 Å². The monoisotopic (exact) mass is 262 g/mol. The summed E-state index contributed by atoms with van der Waals surface area (Å²) in [6.07, 6.45) is 9.15. The second-order valence-corrected chi connectivity index (χ2v) is 6.91. The lowest BCUT2D eigenvalue weighted by Crippen LogP contribution is -2.20. The standard InChI is InChI=1S/C16H26N2O/c1-11(2)18-6-5-15(17-18)10-16(19)9-14-8-12-3-4-13(14)7-12/h5-6,11-14,16,19H,3-4,7-10H2,1-2H3. The molecule has 4 unspecified atom stereocenters. The number of hydrogen-bond donors (Lipinski definition) is 1. The summed E-state index contributed by atoms with van der Waals surface area (Å²) in [4.78, 5) is 0. The van der Waals surface area contributed by atoms with E-state index in [4.69, 9.17) is 0 Å². The quantitative estimate of drug-likeness (QED) is 0.885. The van der Waals surface area contributed by atoms with Crippen LogP contribution in [0, 0.1) is 17.8 Å². The SMILES string of the molecule is CC(C)n1ccc(CC(O)CC2CC3CCC2C3)n1. The molecule has 2 fully saturated rings. The summed E-state index contributed by atoms with van der Waals surface area (Å²) in [5, 5.41) is 14.8. The van der Waals surface area contributed by atoms with Gasteiger partial charge < -0.3 is 5.11 Å². The molecule has 1 aromatic rings. The molecule has 0 aromatic carbocycles. The zero-order chi connectivity index (χ0) is 13.4. The van der Waals surface area contributed by atoms with E-state index in [1.807, 2.05) is 16.9 Å². The molecule has 3 nitrogen and oxygen atoms in total. The molecule has 0 aliphatic heterocycles. The minimum absolute atomic E-state index is 0.208. The zero-order valence-corrected chi connectivity index (χ0v) is 12.1. The lowest BCUT2D eigenvalue weighted by molar-refractivity contribution is 0.123. The molecule has 106 valence electrons. The van der Waals surface area contributed by atoms with Crippen molar-refractivity contribution in [3.63, 3.8) is 0 Å². The molecule has 2 aliphatic carbocycles. The highest BCUT2D eigenvalue weighted by molar-refractivity contribution is 5.02. The average molecular weight is 262 g/mol. The van der Waals surface area contributed by atoms with E-state index in [0.717, 1.165) is 29.9 Å². The molecule has 2 saturated carbocycles. The maximum atomic E-state index is 10.3. The Labute approximate surface area is 116 Å². The van der Waals surface area contributed by atoms with Crippen LogP contribution in [0.2, 0.25) is 0 Å². The maximum Gasteiger partial charge on any atom is 0.0650 e. The predicted molar refractivity (Wildman–Crippen MR) is 75.9 cm³/mol. The van der Waals surface area contributed by atoms with Gasteiger partial charge in [0, 0.05) is 18.7 Å². The van der Waals surface area contributed by atoms with E-state index in [1.54, 1.807) is 0 Å². The van der Waals surface area contributed by atoms with Crippen LogP contribution in [0.25, 0.3) is 0 Å². The second kappa shape index (κ2) is 5.28. The first-order valence-corrected chi connectivity index (χ1v) is 7.84. The van der Waals surface area contributed by atoms with Crippen molar-refractivity contribution in [2.24, 2.45) is 17.8 Å². The average Bonchev–Trinajstić information content (AvgIpc) is 3.03. The van der Waals surface area contributed by atoms with Gasteiger partial charge in [-0.2, -0.15) is 5.10 Å². The van der Waals surface area contributed by atoms with Crippen LogP contribution in [-0.2, 0) is 6.42 Å². The zero-order valence-electron chi connectivity index (χ0n) is 12.1. The van der Waals surface area contributed by atoms with Crippen molar-refractivity contribution in [3.8, 4) is 0 Å². The van der Waals surface area contributed by atoms with Gasteiger partial charge in [0.1, 0.15) is 0 Å². The van der Waals surface area contributed by atoms with E-state index < -0.39 is 0 Å². The smallest absolute Gasteiger partial charge is 0.0650 e. The van der Waals surface area contributed by atoms with Crippen molar-refractivity contribution in [1.82, 2.24) is 9.78 Å². The second-order valence-electron chi connectivity index (χ2n) is 6.91. The molecule has 0 radical (unpaired) electrons. The van der Waals surface area contributed by atoms with Crippen molar-refractivity contribution in [3.05, 3.63) is 18.0 Å². The van der Waals surface area contributed by atoms with E-state index in [2.05, 4.69) is 18.9 Å². The molecule has 1 heterocycles.